The molecule has 0 aliphatic rings. The highest BCUT2D eigenvalue weighted by Gasteiger charge is 2.28. The van der Waals surface area contributed by atoms with Gasteiger partial charge in [0.25, 0.3) is 0 Å². The Kier molecular flexibility index (Phi) is 7.59. The summed E-state index contributed by atoms with van der Waals surface area (Å²) in [7, 11) is 0. The molecule has 0 aliphatic heterocycles. The van der Waals surface area contributed by atoms with Crippen molar-refractivity contribution in [2.24, 2.45) is 11.7 Å². The van der Waals surface area contributed by atoms with Crippen LogP contribution in [0.5, 0.6) is 0 Å². The predicted octanol–water partition coefficient (Wildman–Crippen LogP) is 4.61. The first-order valence-corrected chi connectivity index (χ1v) is 11.1. The number of imide groups is 1. The molecule has 0 bridgehead atoms. The van der Waals surface area contributed by atoms with Gasteiger partial charge < -0.3 is 5.73 Å². The predicted molar refractivity (Wildman–Crippen MR) is 123 cm³/mol. The van der Waals surface area contributed by atoms with Crippen LogP contribution in [0.1, 0.15) is 19.4 Å². The largest absolute Gasteiger partial charge is 0.351 e. The Morgan fingerprint density at radius 2 is 1.84 bits per heavy atom. The molecular formula is C21H21Cl2N5O2S. The van der Waals surface area contributed by atoms with E-state index in [-0.39, 0.29) is 5.92 Å². The third kappa shape index (κ3) is 5.78. The first kappa shape index (κ1) is 23.1. The Labute approximate surface area is 194 Å². The molecule has 7 nitrogen and oxygen atoms in total. The van der Waals surface area contributed by atoms with Crippen molar-refractivity contribution in [1.29, 1.82) is 0 Å². The molecule has 0 saturated carbocycles. The van der Waals surface area contributed by atoms with Crippen LogP contribution in [-0.4, -0.2) is 32.0 Å². The Hall–Kier alpha value is -2.55. The number of halogens is 2. The number of benzene rings is 2. The first-order chi connectivity index (χ1) is 14.8. The van der Waals surface area contributed by atoms with Gasteiger partial charge in [-0.3, -0.25) is 14.7 Å². The molecule has 0 aliphatic carbocycles. The number of hydrogen-bond acceptors (Lipinski definition) is 5. The smallest absolute Gasteiger partial charge is 0.318 e. The van der Waals surface area contributed by atoms with E-state index >= 15 is 0 Å². The van der Waals surface area contributed by atoms with Crippen LogP contribution in [0.2, 0.25) is 10.0 Å². The zero-order valence-corrected chi connectivity index (χ0v) is 19.2. The maximum atomic E-state index is 12.5. The Morgan fingerprint density at radius 1 is 1.13 bits per heavy atom. The van der Waals surface area contributed by atoms with Gasteiger partial charge in [0.2, 0.25) is 5.91 Å². The highest BCUT2D eigenvalue weighted by atomic mass is 35.5. The number of urea groups is 1. The van der Waals surface area contributed by atoms with Gasteiger partial charge in [0.05, 0.1) is 16.8 Å². The number of rotatable bonds is 7. The molecule has 0 spiro atoms. The van der Waals surface area contributed by atoms with Crippen molar-refractivity contribution >= 4 is 46.9 Å². The second kappa shape index (κ2) is 10.2. The maximum absolute atomic E-state index is 12.5. The maximum Gasteiger partial charge on any atom is 0.318 e. The van der Waals surface area contributed by atoms with Crippen molar-refractivity contribution in [1.82, 2.24) is 20.1 Å². The molecule has 0 radical (unpaired) electrons. The third-order valence-corrected chi connectivity index (χ3v) is 6.49. The summed E-state index contributed by atoms with van der Waals surface area (Å²) >= 11 is 13.7. The van der Waals surface area contributed by atoms with Crippen molar-refractivity contribution in [3.63, 3.8) is 0 Å². The fourth-order valence-corrected chi connectivity index (χ4v) is 4.48. The highest BCUT2D eigenvalue weighted by Crippen LogP contribution is 2.34. The van der Waals surface area contributed by atoms with E-state index in [0.717, 1.165) is 5.56 Å². The lowest BCUT2D eigenvalue weighted by Crippen LogP contribution is -2.42. The van der Waals surface area contributed by atoms with Crippen LogP contribution in [0.3, 0.4) is 0 Å². The van der Waals surface area contributed by atoms with E-state index in [2.05, 4.69) is 15.5 Å². The highest BCUT2D eigenvalue weighted by molar-refractivity contribution is 8.00. The number of carbonyl (C=O) groups is 2. The fourth-order valence-electron chi connectivity index (χ4n) is 2.95. The van der Waals surface area contributed by atoms with E-state index in [9.17, 15) is 9.59 Å². The molecular weight excluding hydrogens is 457 g/mol. The van der Waals surface area contributed by atoms with Crippen molar-refractivity contribution in [2.75, 3.05) is 0 Å². The van der Waals surface area contributed by atoms with Crippen molar-refractivity contribution in [2.45, 2.75) is 30.8 Å². The van der Waals surface area contributed by atoms with Crippen LogP contribution in [0.25, 0.3) is 11.4 Å². The van der Waals surface area contributed by atoms with Crippen LogP contribution in [-0.2, 0) is 11.3 Å². The third-order valence-electron chi connectivity index (χ3n) is 4.42. The van der Waals surface area contributed by atoms with Gasteiger partial charge in [-0.15, -0.1) is 10.2 Å². The molecule has 31 heavy (non-hydrogen) atoms. The number of thioether (sulfide) groups is 1. The lowest BCUT2D eigenvalue weighted by molar-refractivity contribution is -0.120. The molecule has 1 aromatic heterocycles. The number of amides is 3. The first-order valence-electron chi connectivity index (χ1n) is 9.45. The molecule has 0 fully saturated rings. The molecule has 10 heteroatoms. The number of aromatic nitrogens is 3. The molecule has 162 valence electrons. The van der Waals surface area contributed by atoms with Crippen LogP contribution >= 0.6 is 35.0 Å². The molecule has 3 amide bonds. The van der Waals surface area contributed by atoms with E-state index in [1.54, 1.807) is 18.2 Å². The minimum atomic E-state index is -0.893. The molecule has 3 N–H and O–H groups in total. The van der Waals surface area contributed by atoms with E-state index in [0.29, 0.717) is 33.1 Å². The van der Waals surface area contributed by atoms with Crippen molar-refractivity contribution in [3.05, 3.63) is 64.1 Å². The van der Waals surface area contributed by atoms with E-state index < -0.39 is 17.2 Å². The second-order valence-electron chi connectivity index (χ2n) is 7.14. The summed E-state index contributed by atoms with van der Waals surface area (Å²) in [6.07, 6.45) is 0. The number of nitrogens with one attached hydrogen (secondary N) is 1. The topological polar surface area (TPSA) is 103 Å². The minimum Gasteiger partial charge on any atom is -0.351 e. The van der Waals surface area contributed by atoms with Crippen molar-refractivity contribution < 1.29 is 9.59 Å². The van der Waals surface area contributed by atoms with E-state index in [1.165, 1.54) is 11.8 Å². The molecule has 0 saturated heterocycles. The quantitative estimate of drug-likeness (QED) is 0.483. The zero-order valence-electron chi connectivity index (χ0n) is 16.9. The number of carbonyl (C=O) groups excluding carboxylic acids is 2. The Balaban J connectivity index is 2.04. The number of hydrogen-bond donors (Lipinski definition) is 2. The van der Waals surface area contributed by atoms with Gasteiger partial charge in [-0.25, -0.2) is 4.79 Å². The van der Waals surface area contributed by atoms with E-state index in [1.807, 2.05) is 48.7 Å². The number of nitrogens with two attached hydrogens (primary N) is 1. The van der Waals surface area contributed by atoms with Gasteiger partial charge in [-0.1, -0.05) is 79.1 Å². The lowest BCUT2D eigenvalue weighted by Gasteiger charge is -2.19. The monoisotopic (exact) mass is 477 g/mol. The van der Waals surface area contributed by atoms with Gasteiger partial charge in [0.15, 0.2) is 11.0 Å². The second-order valence-corrected chi connectivity index (χ2v) is 9.09. The SMILES string of the molecule is CC(C)[C@H](Sc1nnc(-c2ccc(Cl)cc2Cl)n1Cc1ccccc1)C(=O)NC(N)=O. The molecule has 3 rings (SSSR count). The summed E-state index contributed by atoms with van der Waals surface area (Å²) in [5.41, 5.74) is 6.82. The molecule has 2 aromatic carbocycles. The summed E-state index contributed by atoms with van der Waals surface area (Å²) in [4.78, 5) is 23.7. The van der Waals surface area contributed by atoms with Crippen LogP contribution in [0.15, 0.2) is 53.7 Å². The standard InChI is InChI=1S/C21H21Cl2N5O2S/c1-12(2)17(19(29)25-20(24)30)31-21-27-26-18(15-9-8-14(22)10-16(15)23)28(21)11-13-6-4-3-5-7-13/h3-10,12,17H,11H2,1-2H3,(H3,24,25,29,30)/t17-/m0/s1. The summed E-state index contributed by atoms with van der Waals surface area (Å²) in [6, 6.07) is 14.1. The number of primary amides is 1. The molecule has 3 aromatic rings. The average molecular weight is 478 g/mol. The average Bonchev–Trinajstić information content (AvgIpc) is 3.08. The summed E-state index contributed by atoms with van der Waals surface area (Å²) in [6.45, 7) is 4.23. The molecule has 1 atom stereocenters. The van der Waals surface area contributed by atoms with Gasteiger partial charge in [-0.2, -0.15) is 0 Å². The summed E-state index contributed by atoms with van der Waals surface area (Å²) in [5.74, 6) is -0.0209. The molecule has 0 unspecified atom stereocenters. The van der Waals surface area contributed by atoms with Crippen LogP contribution in [0, 0.1) is 5.92 Å². The molecule has 1 heterocycles. The summed E-state index contributed by atoms with van der Waals surface area (Å²) < 4.78 is 1.89. The van der Waals surface area contributed by atoms with Gasteiger partial charge in [-0.05, 0) is 29.7 Å². The minimum absolute atomic E-state index is 0.0891. The number of nitrogens with zero attached hydrogens (tertiary/aromatic N) is 3. The Morgan fingerprint density at radius 3 is 2.45 bits per heavy atom. The van der Waals surface area contributed by atoms with Crippen molar-refractivity contribution in [3.8, 4) is 11.4 Å². The van der Waals surface area contributed by atoms with E-state index in [4.69, 9.17) is 28.9 Å². The van der Waals surface area contributed by atoms with Gasteiger partial charge in [0, 0.05) is 10.6 Å². The van der Waals surface area contributed by atoms with Crippen LogP contribution in [0.4, 0.5) is 4.79 Å². The lowest BCUT2D eigenvalue weighted by atomic mass is 10.1. The van der Waals surface area contributed by atoms with Gasteiger partial charge >= 0.3 is 6.03 Å². The van der Waals surface area contributed by atoms with Crippen LogP contribution < -0.4 is 11.1 Å². The zero-order chi connectivity index (χ0) is 22.5. The Bertz CT molecular complexity index is 1090. The fraction of sp³-hybridized carbons (Fsp3) is 0.238. The normalized spacial score (nSPS) is 12.0. The summed E-state index contributed by atoms with van der Waals surface area (Å²) in [5, 5.41) is 11.7. The van der Waals surface area contributed by atoms with Gasteiger partial charge in [0.1, 0.15) is 0 Å².